The average Bonchev–Trinajstić information content (AvgIpc) is 3.22. The van der Waals surface area contributed by atoms with E-state index in [4.69, 9.17) is 9.72 Å². The van der Waals surface area contributed by atoms with Crippen molar-refractivity contribution in [2.45, 2.75) is 39.8 Å². The summed E-state index contributed by atoms with van der Waals surface area (Å²) in [6.45, 7) is 12.2. The van der Waals surface area contributed by atoms with Crippen LogP contribution < -0.4 is 5.32 Å². The molecular formula is C24H31N5O2. The van der Waals surface area contributed by atoms with Crippen LogP contribution in [0.4, 0.5) is 0 Å². The van der Waals surface area contributed by atoms with Crippen molar-refractivity contribution in [2.75, 3.05) is 32.8 Å². The van der Waals surface area contributed by atoms with E-state index in [0.717, 1.165) is 48.6 Å². The molecule has 4 rings (SSSR count). The Kier molecular flexibility index (Phi) is 6.34. The van der Waals surface area contributed by atoms with E-state index in [1.54, 1.807) is 6.20 Å². The number of carbonyl (C=O) groups excluding carboxylic acids is 1. The number of pyridine rings is 1. The molecule has 3 heterocycles. The number of benzene rings is 1. The third-order valence-corrected chi connectivity index (χ3v) is 5.87. The first kappa shape index (κ1) is 21.5. The van der Waals surface area contributed by atoms with Gasteiger partial charge in [0, 0.05) is 37.3 Å². The summed E-state index contributed by atoms with van der Waals surface area (Å²) in [6.07, 6.45) is 1.75. The Balaban J connectivity index is 1.65. The highest BCUT2D eigenvalue weighted by atomic mass is 16.5. The predicted octanol–water partition coefficient (Wildman–Crippen LogP) is 3.44. The number of ether oxygens (including phenoxy) is 1. The van der Waals surface area contributed by atoms with Gasteiger partial charge in [-0.05, 0) is 33.8 Å². The van der Waals surface area contributed by atoms with Gasteiger partial charge >= 0.3 is 0 Å². The minimum Gasteiger partial charge on any atom is -0.379 e. The summed E-state index contributed by atoms with van der Waals surface area (Å²) >= 11 is 0. The Morgan fingerprint density at radius 2 is 1.87 bits per heavy atom. The molecule has 1 amide bonds. The van der Waals surface area contributed by atoms with Gasteiger partial charge in [0.25, 0.3) is 5.91 Å². The molecule has 1 aliphatic heterocycles. The van der Waals surface area contributed by atoms with Crippen molar-refractivity contribution in [3.63, 3.8) is 0 Å². The normalized spacial score (nSPS) is 16.0. The summed E-state index contributed by atoms with van der Waals surface area (Å²) in [6, 6.07) is 10.5. The molecule has 1 aromatic carbocycles. The minimum atomic E-state index is -0.0934. The topological polar surface area (TPSA) is 72.3 Å². The smallest absolute Gasteiger partial charge is 0.252 e. The van der Waals surface area contributed by atoms with Gasteiger partial charge in [-0.15, -0.1) is 0 Å². The SMILES string of the molecule is Cc1ccc(-c2cc(C(=O)NCC(C)N3CCOCC3)c3cnn(C(C)C)c3n2)cc1. The van der Waals surface area contributed by atoms with E-state index in [1.807, 2.05) is 22.9 Å². The Bertz CT molecular complexity index is 1050. The summed E-state index contributed by atoms with van der Waals surface area (Å²) in [5.74, 6) is -0.0934. The number of fused-ring (bicyclic) bond motifs is 1. The van der Waals surface area contributed by atoms with Gasteiger partial charge in [0.05, 0.1) is 36.1 Å². The molecule has 1 saturated heterocycles. The van der Waals surface area contributed by atoms with Crippen LogP contribution in [0.5, 0.6) is 0 Å². The highest BCUT2D eigenvalue weighted by Crippen LogP contribution is 2.26. The van der Waals surface area contributed by atoms with E-state index in [-0.39, 0.29) is 18.0 Å². The first-order valence-corrected chi connectivity index (χ1v) is 11.0. The zero-order valence-corrected chi connectivity index (χ0v) is 18.8. The standard InChI is InChI=1S/C24H31N5O2/c1-16(2)29-23-21(15-26-29)20(13-22(27-23)19-7-5-17(3)6-8-19)24(30)25-14-18(4)28-9-11-31-12-10-28/h5-8,13,15-16,18H,9-12,14H2,1-4H3,(H,25,30). The number of hydrogen-bond acceptors (Lipinski definition) is 5. The fourth-order valence-corrected chi connectivity index (χ4v) is 3.94. The second-order valence-corrected chi connectivity index (χ2v) is 8.55. The second-order valence-electron chi connectivity index (χ2n) is 8.55. The van der Waals surface area contributed by atoms with Crippen LogP contribution in [0.2, 0.25) is 0 Å². The third-order valence-electron chi connectivity index (χ3n) is 5.87. The zero-order chi connectivity index (χ0) is 22.0. The van der Waals surface area contributed by atoms with Gasteiger partial charge in [0.2, 0.25) is 0 Å². The van der Waals surface area contributed by atoms with Crippen LogP contribution in [0.15, 0.2) is 36.5 Å². The maximum Gasteiger partial charge on any atom is 0.252 e. The van der Waals surface area contributed by atoms with Crippen molar-refractivity contribution in [3.05, 3.63) is 47.7 Å². The van der Waals surface area contributed by atoms with Gasteiger partial charge in [0.1, 0.15) is 0 Å². The highest BCUT2D eigenvalue weighted by Gasteiger charge is 2.21. The fourth-order valence-electron chi connectivity index (χ4n) is 3.94. The number of hydrogen-bond donors (Lipinski definition) is 1. The Labute approximate surface area is 183 Å². The molecule has 0 saturated carbocycles. The second kappa shape index (κ2) is 9.16. The highest BCUT2D eigenvalue weighted by molar-refractivity contribution is 6.06. The molecule has 1 unspecified atom stereocenters. The summed E-state index contributed by atoms with van der Waals surface area (Å²) in [4.78, 5) is 20.5. The van der Waals surface area contributed by atoms with E-state index >= 15 is 0 Å². The largest absolute Gasteiger partial charge is 0.379 e. The van der Waals surface area contributed by atoms with Crippen LogP contribution >= 0.6 is 0 Å². The number of aryl methyl sites for hydroxylation is 1. The van der Waals surface area contributed by atoms with Crippen LogP contribution in [0, 0.1) is 6.92 Å². The summed E-state index contributed by atoms with van der Waals surface area (Å²) in [5.41, 5.74) is 4.30. The quantitative estimate of drug-likeness (QED) is 0.660. The fraction of sp³-hybridized carbons (Fsp3) is 0.458. The van der Waals surface area contributed by atoms with Crippen LogP contribution in [-0.2, 0) is 4.74 Å². The Morgan fingerprint density at radius 1 is 1.16 bits per heavy atom. The number of nitrogens with one attached hydrogen (secondary N) is 1. The number of carbonyl (C=O) groups is 1. The number of rotatable bonds is 6. The average molecular weight is 422 g/mol. The van der Waals surface area contributed by atoms with Crippen molar-refractivity contribution in [2.24, 2.45) is 0 Å². The number of aromatic nitrogens is 3. The van der Waals surface area contributed by atoms with Gasteiger partial charge in [-0.25, -0.2) is 9.67 Å². The van der Waals surface area contributed by atoms with E-state index in [2.05, 4.69) is 55.1 Å². The molecule has 1 atom stereocenters. The molecular weight excluding hydrogens is 390 g/mol. The lowest BCUT2D eigenvalue weighted by Gasteiger charge is -2.32. The lowest BCUT2D eigenvalue weighted by molar-refractivity contribution is 0.0204. The van der Waals surface area contributed by atoms with Crippen LogP contribution in [-0.4, -0.2) is 64.5 Å². The summed E-state index contributed by atoms with van der Waals surface area (Å²) in [7, 11) is 0. The van der Waals surface area contributed by atoms with E-state index in [9.17, 15) is 4.79 Å². The summed E-state index contributed by atoms with van der Waals surface area (Å²) in [5, 5.41) is 8.41. The molecule has 1 N–H and O–H groups in total. The van der Waals surface area contributed by atoms with Gasteiger partial charge < -0.3 is 10.1 Å². The van der Waals surface area contributed by atoms with Crippen molar-refractivity contribution in [1.82, 2.24) is 25.0 Å². The molecule has 1 fully saturated rings. The molecule has 31 heavy (non-hydrogen) atoms. The van der Waals surface area contributed by atoms with E-state index in [1.165, 1.54) is 5.56 Å². The molecule has 0 bridgehead atoms. The molecule has 0 spiro atoms. The maximum absolute atomic E-state index is 13.2. The number of nitrogens with zero attached hydrogens (tertiary/aromatic N) is 4. The first-order chi connectivity index (χ1) is 14.9. The minimum absolute atomic E-state index is 0.0934. The Hall–Kier alpha value is -2.77. The van der Waals surface area contributed by atoms with Gasteiger partial charge in [-0.3, -0.25) is 9.69 Å². The van der Waals surface area contributed by atoms with Crippen molar-refractivity contribution < 1.29 is 9.53 Å². The van der Waals surface area contributed by atoms with Crippen molar-refractivity contribution >= 4 is 16.9 Å². The number of amides is 1. The Morgan fingerprint density at radius 3 is 2.55 bits per heavy atom. The maximum atomic E-state index is 13.2. The third kappa shape index (κ3) is 4.62. The monoisotopic (exact) mass is 421 g/mol. The summed E-state index contributed by atoms with van der Waals surface area (Å²) < 4.78 is 7.31. The van der Waals surface area contributed by atoms with E-state index in [0.29, 0.717) is 12.1 Å². The van der Waals surface area contributed by atoms with Crippen LogP contribution in [0.1, 0.15) is 42.7 Å². The predicted molar refractivity (Wildman–Crippen MR) is 122 cm³/mol. The van der Waals surface area contributed by atoms with Crippen LogP contribution in [0.25, 0.3) is 22.3 Å². The molecule has 1 aliphatic rings. The van der Waals surface area contributed by atoms with Gasteiger partial charge in [0.15, 0.2) is 5.65 Å². The molecule has 3 aromatic rings. The van der Waals surface area contributed by atoms with Crippen molar-refractivity contribution in [3.8, 4) is 11.3 Å². The molecule has 164 valence electrons. The lowest BCUT2D eigenvalue weighted by Crippen LogP contribution is -2.47. The molecule has 2 aromatic heterocycles. The molecule has 7 heteroatoms. The van der Waals surface area contributed by atoms with Crippen molar-refractivity contribution in [1.29, 1.82) is 0 Å². The lowest BCUT2D eigenvalue weighted by atomic mass is 10.0. The zero-order valence-electron chi connectivity index (χ0n) is 18.8. The molecule has 7 nitrogen and oxygen atoms in total. The number of morpholine rings is 1. The van der Waals surface area contributed by atoms with Gasteiger partial charge in [-0.2, -0.15) is 5.10 Å². The van der Waals surface area contributed by atoms with E-state index < -0.39 is 0 Å². The van der Waals surface area contributed by atoms with Gasteiger partial charge in [-0.1, -0.05) is 29.8 Å². The first-order valence-electron chi connectivity index (χ1n) is 11.0. The molecule has 0 radical (unpaired) electrons. The molecule has 0 aliphatic carbocycles. The van der Waals surface area contributed by atoms with Crippen LogP contribution in [0.3, 0.4) is 0 Å².